The lowest BCUT2D eigenvalue weighted by molar-refractivity contribution is -0.119. The van der Waals surface area contributed by atoms with Crippen LogP contribution in [0.5, 0.6) is 11.5 Å². The van der Waals surface area contributed by atoms with E-state index < -0.39 is 22.5 Å². The van der Waals surface area contributed by atoms with Crippen LogP contribution in [0.25, 0.3) is 0 Å². The normalized spacial score (nSPS) is 11.4. The van der Waals surface area contributed by atoms with Crippen LogP contribution in [0, 0.1) is 20.8 Å². The van der Waals surface area contributed by atoms with Crippen molar-refractivity contribution in [1.29, 1.82) is 0 Å². The second-order valence-corrected chi connectivity index (χ2v) is 8.73. The van der Waals surface area contributed by atoms with Gasteiger partial charge < -0.3 is 9.47 Å². The molecular formula is C21H27N3O5S. The number of hydrogen-bond acceptors (Lipinski definition) is 6. The number of amides is 1. The first kappa shape index (κ1) is 23.2. The number of methoxy groups -OCH3 is 2. The predicted octanol–water partition coefficient (Wildman–Crippen LogP) is 2.55. The monoisotopic (exact) mass is 433 g/mol. The van der Waals surface area contributed by atoms with Gasteiger partial charge in [-0.2, -0.15) is 5.10 Å². The second-order valence-electron chi connectivity index (χ2n) is 6.82. The molecule has 0 aliphatic rings. The number of hydrazone groups is 1. The molecule has 1 N–H and O–H groups in total. The van der Waals surface area contributed by atoms with Gasteiger partial charge in [-0.3, -0.25) is 9.10 Å². The Morgan fingerprint density at radius 2 is 1.80 bits per heavy atom. The van der Waals surface area contributed by atoms with Gasteiger partial charge in [-0.1, -0.05) is 12.1 Å². The standard InChI is InChI=1S/C21H27N3O5S/c1-14-7-8-17(16(3)15(14)2)12-22-23-21(25)13-24(30(6,26)27)19-11-18(28-4)9-10-20(19)29-5/h7-12H,13H2,1-6H3,(H,23,25)/b22-12-. The highest BCUT2D eigenvalue weighted by Gasteiger charge is 2.24. The van der Waals surface area contributed by atoms with Gasteiger partial charge >= 0.3 is 0 Å². The van der Waals surface area contributed by atoms with E-state index in [-0.39, 0.29) is 5.69 Å². The summed E-state index contributed by atoms with van der Waals surface area (Å²) < 4.78 is 36.1. The molecule has 2 rings (SSSR count). The van der Waals surface area contributed by atoms with Gasteiger partial charge in [0.2, 0.25) is 10.0 Å². The van der Waals surface area contributed by atoms with Crippen molar-refractivity contribution in [2.45, 2.75) is 20.8 Å². The Balaban J connectivity index is 2.23. The third-order valence-corrected chi connectivity index (χ3v) is 5.96. The molecule has 0 bridgehead atoms. The third-order valence-electron chi connectivity index (χ3n) is 4.84. The molecule has 0 radical (unpaired) electrons. The Kier molecular flexibility index (Phi) is 7.44. The van der Waals surface area contributed by atoms with Crippen LogP contribution in [0.3, 0.4) is 0 Å². The van der Waals surface area contributed by atoms with Crippen LogP contribution in [0.15, 0.2) is 35.4 Å². The molecule has 0 heterocycles. The van der Waals surface area contributed by atoms with E-state index in [1.54, 1.807) is 12.1 Å². The summed E-state index contributed by atoms with van der Waals surface area (Å²) in [5, 5.41) is 3.98. The van der Waals surface area contributed by atoms with Gasteiger partial charge in [-0.25, -0.2) is 13.8 Å². The smallest absolute Gasteiger partial charge is 0.260 e. The quantitative estimate of drug-likeness (QED) is 0.510. The number of rotatable bonds is 8. The van der Waals surface area contributed by atoms with E-state index in [1.165, 1.54) is 32.1 Å². The van der Waals surface area contributed by atoms with Gasteiger partial charge in [0.25, 0.3) is 5.91 Å². The number of carbonyl (C=O) groups excluding carboxylic acids is 1. The fourth-order valence-electron chi connectivity index (χ4n) is 2.83. The van der Waals surface area contributed by atoms with E-state index in [1.807, 2.05) is 32.9 Å². The summed E-state index contributed by atoms with van der Waals surface area (Å²) in [6.07, 6.45) is 2.55. The summed E-state index contributed by atoms with van der Waals surface area (Å²) >= 11 is 0. The molecule has 0 saturated heterocycles. The van der Waals surface area contributed by atoms with E-state index in [9.17, 15) is 13.2 Å². The molecular weight excluding hydrogens is 406 g/mol. The summed E-state index contributed by atoms with van der Waals surface area (Å²) in [7, 11) is -0.896. The van der Waals surface area contributed by atoms with E-state index >= 15 is 0 Å². The molecule has 30 heavy (non-hydrogen) atoms. The zero-order valence-electron chi connectivity index (χ0n) is 18.0. The molecule has 0 spiro atoms. The highest BCUT2D eigenvalue weighted by molar-refractivity contribution is 7.92. The third kappa shape index (κ3) is 5.50. The molecule has 1 amide bonds. The Bertz CT molecular complexity index is 1060. The number of anilines is 1. The number of ether oxygens (including phenoxy) is 2. The van der Waals surface area contributed by atoms with Gasteiger partial charge in [-0.15, -0.1) is 0 Å². The maximum absolute atomic E-state index is 12.4. The van der Waals surface area contributed by atoms with Crippen LogP contribution < -0.4 is 19.2 Å². The minimum atomic E-state index is -3.78. The maximum atomic E-state index is 12.4. The van der Waals surface area contributed by atoms with E-state index in [4.69, 9.17) is 9.47 Å². The van der Waals surface area contributed by atoms with Crippen LogP contribution in [0.1, 0.15) is 22.3 Å². The van der Waals surface area contributed by atoms with Crippen LogP contribution in [0.2, 0.25) is 0 Å². The molecule has 162 valence electrons. The van der Waals surface area contributed by atoms with Crippen LogP contribution in [-0.4, -0.2) is 47.6 Å². The van der Waals surface area contributed by atoms with Gasteiger partial charge in [0.15, 0.2) is 0 Å². The number of hydrogen-bond donors (Lipinski definition) is 1. The van der Waals surface area contributed by atoms with Gasteiger partial charge in [-0.05, 0) is 55.2 Å². The predicted molar refractivity (Wildman–Crippen MR) is 118 cm³/mol. The first-order chi connectivity index (χ1) is 14.1. The summed E-state index contributed by atoms with van der Waals surface area (Å²) in [6, 6.07) is 8.60. The zero-order valence-corrected chi connectivity index (χ0v) is 18.8. The van der Waals surface area contributed by atoms with Crippen molar-refractivity contribution in [1.82, 2.24) is 5.43 Å². The molecule has 0 aliphatic heterocycles. The van der Waals surface area contributed by atoms with Crippen molar-refractivity contribution in [3.8, 4) is 11.5 Å². The molecule has 2 aromatic carbocycles. The average Bonchev–Trinajstić information content (AvgIpc) is 2.70. The number of benzene rings is 2. The number of nitrogens with zero attached hydrogens (tertiary/aromatic N) is 2. The molecule has 2 aromatic rings. The fourth-order valence-corrected chi connectivity index (χ4v) is 3.68. The van der Waals surface area contributed by atoms with E-state index in [0.717, 1.165) is 27.3 Å². The van der Waals surface area contributed by atoms with Crippen molar-refractivity contribution < 1.29 is 22.7 Å². The van der Waals surface area contributed by atoms with Crippen LogP contribution in [-0.2, 0) is 14.8 Å². The maximum Gasteiger partial charge on any atom is 0.260 e. The zero-order chi connectivity index (χ0) is 22.5. The minimum Gasteiger partial charge on any atom is -0.497 e. The molecule has 0 unspecified atom stereocenters. The number of aryl methyl sites for hydroxylation is 1. The number of nitrogens with one attached hydrogen (secondary N) is 1. The van der Waals surface area contributed by atoms with Crippen molar-refractivity contribution in [3.63, 3.8) is 0 Å². The molecule has 0 aromatic heterocycles. The van der Waals surface area contributed by atoms with Gasteiger partial charge in [0, 0.05) is 6.07 Å². The lowest BCUT2D eigenvalue weighted by Crippen LogP contribution is -2.39. The summed E-state index contributed by atoms with van der Waals surface area (Å²) in [5.41, 5.74) is 6.83. The van der Waals surface area contributed by atoms with E-state index in [2.05, 4.69) is 10.5 Å². The summed E-state index contributed by atoms with van der Waals surface area (Å²) in [5.74, 6) is 0.134. The average molecular weight is 434 g/mol. The topological polar surface area (TPSA) is 97.3 Å². The number of sulfonamides is 1. The first-order valence-corrected chi connectivity index (χ1v) is 11.0. The largest absolute Gasteiger partial charge is 0.497 e. The second kappa shape index (κ2) is 9.62. The molecule has 8 nitrogen and oxygen atoms in total. The highest BCUT2D eigenvalue weighted by atomic mass is 32.2. The van der Waals surface area contributed by atoms with Crippen molar-refractivity contribution in [3.05, 3.63) is 52.6 Å². The summed E-state index contributed by atoms with van der Waals surface area (Å²) in [4.78, 5) is 12.4. The van der Waals surface area contributed by atoms with Crippen LogP contribution >= 0.6 is 0 Å². The minimum absolute atomic E-state index is 0.198. The number of carbonyl (C=O) groups is 1. The van der Waals surface area contributed by atoms with E-state index in [0.29, 0.717) is 11.5 Å². The first-order valence-electron chi connectivity index (χ1n) is 9.17. The lowest BCUT2D eigenvalue weighted by atomic mass is 10.00. The Hall–Kier alpha value is -3.07. The van der Waals surface area contributed by atoms with Crippen molar-refractivity contribution in [2.75, 3.05) is 31.3 Å². The van der Waals surface area contributed by atoms with Crippen molar-refractivity contribution in [2.24, 2.45) is 5.10 Å². The molecule has 0 fully saturated rings. The highest BCUT2D eigenvalue weighted by Crippen LogP contribution is 2.33. The Morgan fingerprint density at radius 3 is 2.40 bits per heavy atom. The molecule has 9 heteroatoms. The molecule has 0 saturated carbocycles. The Morgan fingerprint density at radius 1 is 1.10 bits per heavy atom. The lowest BCUT2D eigenvalue weighted by Gasteiger charge is -2.23. The van der Waals surface area contributed by atoms with Gasteiger partial charge in [0.05, 0.1) is 32.4 Å². The fraction of sp³-hybridized carbons (Fsp3) is 0.333. The molecule has 0 aliphatic carbocycles. The SMILES string of the molecule is COc1ccc(OC)c(N(CC(=O)N/N=C\c2ccc(C)c(C)c2C)S(C)(=O)=O)c1. The van der Waals surface area contributed by atoms with Gasteiger partial charge in [0.1, 0.15) is 18.0 Å². The van der Waals surface area contributed by atoms with Crippen molar-refractivity contribution >= 4 is 27.8 Å². The molecule has 0 atom stereocenters. The summed E-state index contributed by atoms with van der Waals surface area (Å²) in [6.45, 7) is 5.56. The Labute approximate surface area is 177 Å². The van der Waals surface area contributed by atoms with Crippen LogP contribution in [0.4, 0.5) is 5.69 Å².